The predicted octanol–water partition coefficient (Wildman–Crippen LogP) is 2.04. The van der Waals surface area contributed by atoms with Gasteiger partial charge in [0.1, 0.15) is 0 Å². The number of hydrogen-bond donors (Lipinski definition) is 1. The molecule has 0 atom stereocenters. The van der Waals surface area contributed by atoms with E-state index in [0.717, 1.165) is 18.7 Å². The summed E-state index contributed by atoms with van der Waals surface area (Å²) < 4.78 is 0. The third kappa shape index (κ3) is 1.94. The van der Waals surface area contributed by atoms with Crippen LogP contribution in [0.25, 0.3) is 0 Å². The highest BCUT2D eigenvalue weighted by atomic mass is 16.7. The molecule has 80 valence electrons. The summed E-state index contributed by atoms with van der Waals surface area (Å²) in [6.07, 6.45) is 0.977. The van der Waals surface area contributed by atoms with Crippen molar-refractivity contribution in [1.29, 1.82) is 5.41 Å². The van der Waals surface area contributed by atoms with E-state index in [4.69, 9.17) is 10.2 Å². The third-order valence-electron chi connectivity index (χ3n) is 2.33. The van der Waals surface area contributed by atoms with Gasteiger partial charge < -0.3 is 0 Å². The van der Waals surface area contributed by atoms with Gasteiger partial charge in [-0.2, -0.15) is 0 Å². The first kappa shape index (κ1) is 9.98. The van der Waals surface area contributed by atoms with E-state index in [2.05, 4.69) is 6.92 Å². The van der Waals surface area contributed by atoms with Crippen LogP contribution in [0.2, 0.25) is 0 Å². The Bertz CT molecular complexity index is 339. The molecule has 0 aromatic heterocycles. The van der Waals surface area contributed by atoms with Gasteiger partial charge >= 0.3 is 0 Å². The fourth-order valence-corrected chi connectivity index (χ4v) is 1.56. The molecule has 0 aliphatic carbocycles. The van der Waals surface area contributed by atoms with Crippen LogP contribution < -0.4 is 4.90 Å². The molecule has 1 aliphatic rings. The van der Waals surface area contributed by atoms with Crippen molar-refractivity contribution in [2.75, 3.05) is 18.2 Å². The second-order valence-corrected chi connectivity index (χ2v) is 3.45. The van der Waals surface area contributed by atoms with Crippen molar-refractivity contribution in [3.05, 3.63) is 30.3 Å². The topological polar surface area (TPSA) is 39.6 Å². The van der Waals surface area contributed by atoms with Gasteiger partial charge in [0.15, 0.2) is 6.73 Å². The number of hydroxylamine groups is 2. The second-order valence-electron chi connectivity index (χ2n) is 3.45. The molecule has 15 heavy (non-hydrogen) atoms. The fraction of sp³-hybridized carbons (Fsp3) is 0.364. The van der Waals surface area contributed by atoms with Gasteiger partial charge in [-0.15, -0.1) is 0 Å². The van der Waals surface area contributed by atoms with E-state index in [-0.39, 0.29) is 0 Å². The van der Waals surface area contributed by atoms with Gasteiger partial charge in [0.05, 0.1) is 0 Å². The summed E-state index contributed by atoms with van der Waals surface area (Å²) in [5.74, 6) is 0.419. The molecule has 1 aromatic rings. The van der Waals surface area contributed by atoms with E-state index in [1.54, 1.807) is 5.06 Å². The molecular weight excluding hydrogens is 190 g/mol. The molecule has 0 spiro atoms. The van der Waals surface area contributed by atoms with Crippen molar-refractivity contribution in [2.45, 2.75) is 13.3 Å². The first-order chi connectivity index (χ1) is 7.33. The molecule has 1 aliphatic heterocycles. The molecule has 1 fully saturated rings. The van der Waals surface area contributed by atoms with Gasteiger partial charge in [0, 0.05) is 12.2 Å². The smallest absolute Gasteiger partial charge is 0.224 e. The number of hydrogen-bond acceptors (Lipinski definition) is 2. The van der Waals surface area contributed by atoms with Crippen molar-refractivity contribution in [3.63, 3.8) is 0 Å². The van der Waals surface area contributed by atoms with E-state index in [1.807, 2.05) is 35.2 Å². The average Bonchev–Trinajstić information content (AvgIpc) is 2.63. The number of para-hydroxylation sites is 1. The predicted molar refractivity (Wildman–Crippen MR) is 59.6 cm³/mol. The first-order valence-electron chi connectivity index (χ1n) is 5.14. The number of benzene rings is 1. The molecule has 1 N–H and O–H groups in total. The lowest BCUT2D eigenvalue weighted by Gasteiger charge is -2.17. The molecule has 0 amide bonds. The summed E-state index contributed by atoms with van der Waals surface area (Å²) in [4.78, 5) is 7.25. The molecule has 0 saturated carbocycles. The minimum absolute atomic E-state index is 0.419. The Balaban J connectivity index is 2.11. The van der Waals surface area contributed by atoms with Crippen molar-refractivity contribution < 1.29 is 4.84 Å². The summed E-state index contributed by atoms with van der Waals surface area (Å²) in [5.41, 5.74) is 1.00. The number of nitrogens with zero attached hydrogens (tertiary/aromatic N) is 2. The quantitative estimate of drug-likeness (QED) is 0.820. The number of guanidine groups is 1. The van der Waals surface area contributed by atoms with E-state index in [0.29, 0.717) is 12.7 Å². The zero-order chi connectivity index (χ0) is 10.7. The van der Waals surface area contributed by atoms with Crippen LogP contribution in [0.1, 0.15) is 13.3 Å². The highest BCUT2D eigenvalue weighted by Gasteiger charge is 2.26. The molecule has 0 unspecified atom stereocenters. The lowest BCUT2D eigenvalue weighted by Crippen LogP contribution is -2.32. The van der Waals surface area contributed by atoms with Crippen LogP contribution in [0.5, 0.6) is 0 Å². The fourth-order valence-electron chi connectivity index (χ4n) is 1.56. The van der Waals surface area contributed by atoms with Gasteiger partial charge in [0.25, 0.3) is 0 Å². The number of nitrogens with one attached hydrogen (secondary N) is 1. The van der Waals surface area contributed by atoms with E-state index in [9.17, 15) is 0 Å². The summed E-state index contributed by atoms with van der Waals surface area (Å²) >= 11 is 0. The highest BCUT2D eigenvalue weighted by Crippen LogP contribution is 2.19. The Morgan fingerprint density at radius 1 is 1.33 bits per heavy atom. The highest BCUT2D eigenvalue weighted by molar-refractivity contribution is 5.94. The standard InChI is InChI=1S/C11H15N3O/c1-2-8-14-11(12)13(9-15-14)10-6-4-3-5-7-10/h3-7,12H,2,8-9H2,1H3. The van der Waals surface area contributed by atoms with Crippen molar-refractivity contribution in [3.8, 4) is 0 Å². The maximum absolute atomic E-state index is 7.93. The number of anilines is 1. The lowest BCUT2D eigenvalue weighted by atomic mass is 10.3. The second kappa shape index (κ2) is 4.31. The van der Waals surface area contributed by atoms with E-state index in [1.165, 1.54) is 0 Å². The van der Waals surface area contributed by atoms with Crippen LogP contribution in [0.4, 0.5) is 5.69 Å². The van der Waals surface area contributed by atoms with Crippen LogP contribution in [0.15, 0.2) is 30.3 Å². The molecular formula is C11H15N3O. The van der Waals surface area contributed by atoms with Crippen LogP contribution in [0.3, 0.4) is 0 Å². The van der Waals surface area contributed by atoms with Crippen LogP contribution >= 0.6 is 0 Å². The largest absolute Gasteiger partial charge is 0.284 e. The maximum atomic E-state index is 7.93. The van der Waals surface area contributed by atoms with Crippen LogP contribution in [-0.4, -0.2) is 24.3 Å². The van der Waals surface area contributed by atoms with Crippen molar-refractivity contribution in [1.82, 2.24) is 5.06 Å². The third-order valence-corrected chi connectivity index (χ3v) is 2.33. The Morgan fingerprint density at radius 3 is 2.73 bits per heavy atom. The molecule has 0 radical (unpaired) electrons. The molecule has 4 heteroatoms. The molecule has 1 aromatic carbocycles. The Morgan fingerprint density at radius 2 is 2.07 bits per heavy atom. The van der Waals surface area contributed by atoms with Crippen molar-refractivity contribution in [2.24, 2.45) is 0 Å². The molecule has 1 saturated heterocycles. The Hall–Kier alpha value is -1.55. The summed E-state index contributed by atoms with van der Waals surface area (Å²) in [5, 5.41) is 9.56. The zero-order valence-corrected chi connectivity index (χ0v) is 8.81. The monoisotopic (exact) mass is 205 g/mol. The van der Waals surface area contributed by atoms with Gasteiger partial charge in [-0.05, 0) is 18.6 Å². The molecule has 1 heterocycles. The molecule has 2 rings (SSSR count). The first-order valence-corrected chi connectivity index (χ1v) is 5.14. The summed E-state index contributed by atoms with van der Waals surface area (Å²) in [7, 11) is 0. The summed E-state index contributed by atoms with van der Waals surface area (Å²) in [6.45, 7) is 3.27. The van der Waals surface area contributed by atoms with Gasteiger partial charge in [-0.3, -0.25) is 10.3 Å². The minimum Gasteiger partial charge on any atom is -0.284 e. The number of rotatable bonds is 3. The van der Waals surface area contributed by atoms with E-state index < -0.39 is 0 Å². The summed E-state index contributed by atoms with van der Waals surface area (Å²) in [6, 6.07) is 9.85. The normalized spacial score (nSPS) is 16.2. The van der Waals surface area contributed by atoms with E-state index >= 15 is 0 Å². The van der Waals surface area contributed by atoms with Gasteiger partial charge in [-0.1, -0.05) is 25.1 Å². The Kier molecular flexibility index (Phi) is 2.87. The van der Waals surface area contributed by atoms with Crippen LogP contribution in [0, 0.1) is 5.41 Å². The maximum Gasteiger partial charge on any atom is 0.224 e. The van der Waals surface area contributed by atoms with Gasteiger partial charge in [0.2, 0.25) is 5.96 Å². The SMILES string of the molecule is CCCN1OCN(c2ccccc2)C1=N. The minimum atomic E-state index is 0.419. The average molecular weight is 205 g/mol. The van der Waals surface area contributed by atoms with Gasteiger partial charge in [-0.25, -0.2) is 9.90 Å². The lowest BCUT2D eigenvalue weighted by molar-refractivity contribution is -0.0692. The Labute approximate surface area is 89.5 Å². The van der Waals surface area contributed by atoms with Crippen LogP contribution in [-0.2, 0) is 4.84 Å². The van der Waals surface area contributed by atoms with Crippen molar-refractivity contribution >= 4 is 11.6 Å². The molecule has 4 nitrogen and oxygen atoms in total. The zero-order valence-electron chi connectivity index (χ0n) is 8.81. The molecule has 0 bridgehead atoms.